The van der Waals surface area contributed by atoms with Crippen molar-refractivity contribution in [3.8, 4) is 5.75 Å². The maximum atomic E-state index is 12.1. The second-order valence-corrected chi connectivity index (χ2v) is 4.56. The third-order valence-corrected chi connectivity index (χ3v) is 2.87. The Hall–Kier alpha value is -2.37. The predicted octanol–water partition coefficient (Wildman–Crippen LogP) is 3.77. The van der Waals surface area contributed by atoms with Crippen LogP contribution >= 0.6 is 0 Å². The molecule has 0 unspecified atom stereocenters. The van der Waals surface area contributed by atoms with Gasteiger partial charge in [-0.1, -0.05) is 31.9 Å². The van der Waals surface area contributed by atoms with Crippen LogP contribution in [0.3, 0.4) is 0 Å². The van der Waals surface area contributed by atoms with E-state index in [1.54, 1.807) is 6.08 Å². The SMILES string of the molecule is C=CCN(CCCCC)C(=O)Oc1cccc([N+](=O)[O-])c1. The van der Waals surface area contributed by atoms with Gasteiger partial charge in [-0.2, -0.15) is 0 Å². The van der Waals surface area contributed by atoms with Crippen LogP contribution in [0.4, 0.5) is 10.5 Å². The molecule has 0 radical (unpaired) electrons. The monoisotopic (exact) mass is 292 g/mol. The largest absolute Gasteiger partial charge is 0.415 e. The second kappa shape index (κ2) is 8.73. The van der Waals surface area contributed by atoms with E-state index in [-0.39, 0.29) is 11.4 Å². The molecule has 114 valence electrons. The number of hydrogen-bond donors (Lipinski definition) is 0. The van der Waals surface area contributed by atoms with Gasteiger partial charge in [0.1, 0.15) is 5.75 Å². The van der Waals surface area contributed by atoms with Gasteiger partial charge in [0.05, 0.1) is 11.0 Å². The Labute approximate surface area is 124 Å². The molecule has 0 saturated heterocycles. The summed E-state index contributed by atoms with van der Waals surface area (Å²) in [6.07, 6.45) is 4.07. The van der Waals surface area contributed by atoms with Crippen LogP contribution in [0.15, 0.2) is 36.9 Å². The summed E-state index contributed by atoms with van der Waals surface area (Å²) < 4.78 is 5.19. The van der Waals surface area contributed by atoms with Crippen molar-refractivity contribution >= 4 is 11.8 Å². The Morgan fingerprint density at radius 1 is 1.48 bits per heavy atom. The summed E-state index contributed by atoms with van der Waals surface area (Å²) >= 11 is 0. The summed E-state index contributed by atoms with van der Waals surface area (Å²) in [5.41, 5.74) is -0.110. The van der Waals surface area contributed by atoms with Crippen LogP contribution in [0.1, 0.15) is 26.2 Å². The topological polar surface area (TPSA) is 72.7 Å². The fourth-order valence-corrected chi connectivity index (χ4v) is 1.79. The molecule has 0 aliphatic carbocycles. The average Bonchev–Trinajstić information content (AvgIpc) is 2.46. The zero-order valence-corrected chi connectivity index (χ0v) is 12.2. The van der Waals surface area contributed by atoms with Crippen LogP contribution in [0.2, 0.25) is 0 Å². The van der Waals surface area contributed by atoms with E-state index in [0.717, 1.165) is 19.3 Å². The molecule has 0 saturated carbocycles. The minimum absolute atomic E-state index is 0.110. The van der Waals surface area contributed by atoms with E-state index >= 15 is 0 Å². The number of non-ortho nitro benzene ring substituents is 1. The third kappa shape index (κ3) is 5.64. The molecule has 21 heavy (non-hydrogen) atoms. The minimum Gasteiger partial charge on any atom is -0.410 e. The summed E-state index contributed by atoms with van der Waals surface area (Å²) in [4.78, 5) is 23.8. The summed E-state index contributed by atoms with van der Waals surface area (Å²) in [5, 5.41) is 10.7. The Morgan fingerprint density at radius 2 is 2.24 bits per heavy atom. The molecule has 6 heteroatoms. The van der Waals surface area contributed by atoms with Crippen molar-refractivity contribution in [2.24, 2.45) is 0 Å². The van der Waals surface area contributed by atoms with E-state index in [0.29, 0.717) is 13.1 Å². The first-order chi connectivity index (χ1) is 10.1. The number of hydrogen-bond acceptors (Lipinski definition) is 4. The molecule has 0 N–H and O–H groups in total. The summed E-state index contributed by atoms with van der Waals surface area (Å²) in [6.45, 7) is 6.66. The number of nitro benzene ring substituents is 1. The molecule has 0 atom stereocenters. The number of rotatable bonds is 8. The standard InChI is InChI=1S/C15H20N2O4/c1-3-5-6-11-16(10-4-2)15(18)21-14-9-7-8-13(12-14)17(19)20/h4,7-9,12H,2-3,5-6,10-11H2,1H3. The van der Waals surface area contributed by atoms with Gasteiger partial charge in [0.2, 0.25) is 0 Å². The first-order valence-electron chi connectivity index (χ1n) is 6.90. The van der Waals surface area contributed by atoms with Gasteiger partial charge in [0.15, 0.2) is 0 Å². The van der Waals surface area contributed by atoms with Gasteiger partial charge < -0.3 is 9.64 Å². The molecule has 0 spiro atoms. The van der Waals surface area contributed by atoms with E-state index in [1.807, 2.05) is 0 Å². The van der Waals surface area contributed by atoms with E-state index in [1.165, 1.54) is 29.2 Å². The number of unbranched alkanes of at least 4 members (excludes halogenated alkanes) is 2. The molecule has 1 aromatic carbocycles. The Morgan fingerprint density at radius 3 is 2.86 bits per heavy atom. The lowest BCUT2D eigenvalue weighted by atomic mass is 10.2. The van der Waals surface area contributed by atoms with E-state index < -0.39 is 11.0 Å². The highest BCUT2D eigenvalue weighted by molar-refractivity contribution is 5.71. The van der Waals surface area contributed by atoms with Gasteiger partial charge in [-0.25, -0.2) is 4.79 Å². The molecule has 1 aromatic rings. The lowest BCUT2D eigenvalue weighted by molar-refractivity contribution is -0.384. The molecule has 1 amide bonds. The molecule has 0 aromatic heterocycles. The second-order valence-electron chi connectivity index (χ2n) is 4.56. The maximum Gasteiger partial charge on any atom is 0.415 e. The number of ether oxygens (including phenoxy) is 1. The van der Waals surface area contributed by atoms with Gasteiger partial charge in [-0.05, 0) is 12.5 Å². The summed E-state index contributed by atoms with van der Waals surface area (Å²) in [5.74, 6) is 0.166. The molecule has 1 rings (SSSR count). The zero-order chi connectivity index (χ0) is 15.7. The molecule has 0 aliphatic heterocycles. The number of nitro groups is 1. The highest BCUT2D eigenvalue weighted by atomic mass is 16.6. The summed E-state index contributed by atoms with van der Waals surface area (Å²) in [6, 6.07) is 5.58. The van der Waals surface area contributed by atoms with Crippen LogP contribution in [0.5, 0.6) is 5.75 Å². The molecule has 6 nitrogen and oxygen atoms in total. The van der Waals surface area contributed by atoms with Crippen molar-refractivity contribution in [1.29, 1.82) is 0 Å². The van der Waals surface area contributed by atoms with Gasteiger partial charge in [0.25, 0.3) is 5.69 Å². The predicted molar refractivity (Wildman–Crippen MR) is 80.4 cm³/mol. The molecule has 0 fully saturated rings. The third-order valence-electron chi connectivity index (χ3n) is 2.87. The first kappa shape index (κ1) is 16.7. The number of benzene rings is 1. The molecular formula is C15H20N2O4. The van der Waals surface area contributed by atoms with Crippen molar-refractivity contribution in [3.05, 3.63) is 47.0 Å². The highest BCUT2D eigenvalue weighted by Gasteiger charge is 2.15. The van der Waals surface area contributed by atoms with E-state index in [9.17, 15) is 14.9 Å². The summed E-state index contributed by atoms with van der Waals surface area (Å²) in [7, 11) is 0. The number of carbonyl (C=O) groups excluding carboxylic acids is 1. The first-order valence-corrected chi connectivity index (χ1v) is 6.90. The maximum absolute atomic E-state index is 12.1. The molecule has 0 heterocycles. The van der Waals surface area contributed by atoms with Crippen molar-refractivity contribution in [1.82, 2.24) is 4.90 Å². The van der Waals surface area contributed by atoms with Crippen LogP contribution < -0.4 is 4.74 Å². The lowest BCUT2D eigenvalue weighted by Gasteiger charge is -2.20. The van der Waals surface area contributed by atoms with Crippen LogP contribution in [-0.2, 0) is 0 Å². The van der Waals surface area contributed by atoms with Crippen molar-refractivity contribution in [2.45, 2.75) is 26.2 Å². The van der Waals surface area contributed by atoms with Gasteiger partial charge >= 0.3 is 6.09 Å². The van der Waals surface area contributed by atoms with Gasteiger partial charge in [0, 0.05) is 19.2 Å². The zero-order valence-electron chi connectivity index (χ0n) is 12.2. The fraction of sp³-hybridized carbons (Fsp3) is 0.400. The molecule has 0 bridgehead atoms. The van der Waals surface area contributed by atoms with E-state index in [2.05, 4.69) is 13.5 Å². The fourth-order valence-electron chi connectivity index (χ4n) is 1.79. The van der Waals surface area contributed by atoms with Gasteiger partial charge in [-0.3, -0.25) is 10.1 Å². The van der Waals surface area contributed by atoms with Crippen molar-refractivity contribution in [3.63, 3.8) is 0 Å². The van der Waals surface area contributed by atoms with Gasteiger partial charge in [-0.15, -0.1) is 6.58 Å². The normalized spacial score (nSPS) is 9.95. The Bertz CT molecular complexity index is 502. The van der Waals surface area contributed by atoms with Crippen LogP contribution in [0, 0.1) is 10.1 Å². The van der Waals surface area contributed by atoms with Crippen LogP contribution in [-0.4, -0.2) is 29.0 Å². The highest BCUT2D eigenvalue weighted by Crippen LogP contribution is 2.19. The Balaban J connectivity index is 2.69. The van der Waals surface area contributed by atoms with Crippen molar-refractivity contribution in [2.75, 3.05) is 13.1 Å². The van der Waals surface area contributed by atoms with Crippen molar-refractivity contribution < 1.29 is 14.5 Å². The smallest absolute Gasteiger partial charge is 0.410 e. The van der Waals surface area contributed by atoms with Crippen LogP contribution in [0.25, 0.3) is 0 Å². The Kier molecular flexibility index (Phi) is 6.94. The number of nitrogens with zero attached hydrogens (tertiary/aromatic N) is 2. The molecule has 0 aliphatic rings. The number of carbonyl (C=O) groups is 1. The van der Waals surface area contributed by atoms with E-state index in [4.69, 9.17) is 4.74 Å². The number of amides is 1. The average molecular weight is 292 g/mol. The minimum atomic E-state index is -0.528. The quantitative estimate of drug-likeness (QED) is 0.316. The lowest BCUT2D eigenvalue weighted by Crippen LogP contribution is -2.34. The molecular weight excluding hydrogens is 272 g/mol.